The maximum atomic E-state index is 12.5. The number of sulfonamides is 1. The second-order valence-corrected chi connectivity index (χ2v) is 7.19. The molecule has 5 nitrogen and oxygen atoms in total. The molecule has 2 heterocycles. The van der Waals surface area contributed by atoms with Crippen molar-refractivity contribution < 1.29 is 13.2 Å². The largest absolute Gasteiger partial charge is 0.493 e. The van der Waals surface area contributed by atoms with E-state index in [4.69, 9.17) is 4.74 Å². The third-order valence-corrected chi connectivity index (χ3v) is 5.53. The monoisotopic (exact) mass is 332 g/mol. The van der Waals surface area contributed by atoms with Gasteiger partial charge in [0.15, 0.2) is 0 Å². The summed E-state index contributed by atoms with van der Waals surface area (Å²) in [7, 11) is -3.46. The van der Waals surface area contributed by atoms with E-state index in [0.717, 1.165) is 37.1 Å². The van der Waals surface area contributed by atoms with Gasteiger partial charge in [-0.05, 0) is 50.1 Å². The Morgan fingerprint density at radius 1 is 1.38 bits per heavy atom. The predicted octanol–water partition coefficient (Wildman–Crippen LogP) is 1.46. The molecule has 1 fully saturated rings. The summed E-state index contributed by atoms with van der Waals surface area (Å²) in [6.07, 6.45) is 2.65. The van der Waals surface area contributed by atoms with Gasteiger partial charge in [0.1, 0.15) is 5.75 Å². The van der Waals surface area contributed by atoms with Gasteiger partial charge in [-0.2, -0.15) is 0 Å². The highest BCUT2D eigenvalue weighted by Crippen LogP contribution is 2.27. The Morgan fingerprint density at radius 2 is 2.19 bits per heavy atom. The van der Waals surface area contributed by atoms with E-state index in [1.807, 2.05) is 6.92 Å². The average Bonchev–Trinajstić information content (AvgIpc) is 2.88. The molecule has 118 valence electrons. The highest BCUT2D eigenvalue weighted by atomic mass is 35.5. The van der Waals surface area contributed by atoms with Crippen molar-refractivity contribution in [3.8, 4) is 5.75 Å². The third kappa shape index (κ3) is 3.51. The topological polar surface area (TPSA) is 67.4 Å². The first-order valence-electron chi connectivity index (χ1n) is 7.08. The number of fused-ring (bicyclic) bond motifs is 1. The molecule has 21 heavy (non-hydrogen) atoms. The third-order valence-electron chi connectivity index (χ3n) is 4.04. The molecule has 0 spiro atoms. The summed E-state index contributed by atoms with van der Waals surface area (Å²) in [5, 5.41) is 3.30. The summed E-state index contributed by atoms with van der Waals surface area (Å²) >= 11 is 0. The molecule has 0 amide bonds. The van der Waals surface area contributed by atoms with Crippen LogP contribution in [0.1, 0.15) is 25.3 Å². The first-order valence-corrected chi connectivity index (χ1v) is 8.56. The molecule has 2 aliphatic rings. The van der Waals surface area contributed by atoms with Gasteiger partial charge in [-0.25, -0.2) is 13.1 Å². The minimum Gasteiger partial charge on any atom is -0.493 e. The lowest BCUT2D eigenvalue weighted by atomic mass is 10.0. The zero-order valence-electron chi connectivity index (χ0n) is 12.0. The van der Waals surface area contributed by atoms with Crippen LogP contribution in [0.5, 0.6) is 5.75 Å². The Bertz CT molecular complexity index is 606. The molecule has 3 rings (SSSR count). The maximum Gasteiger partial charge on any atom is 0.240 e. The van der Waals surface area contributed by atoms with E-state index in [1.54, 1.807) is 18.2 Å². The van der Waals surface area contributed by atoms with Gasteiger partial charge in [0.25, 0.3) is 0 Å². The van der Waals surface area contributed by atoms with Crippen molar-refractivity contribution in [3.05, 3.63) is 23.8 Å². The molecule has 2 N–H and O–H groups in total. The summed E-state index contributed by atoms with van der Waals surface area (Å²) in [6, 6.07) is 5.22. The minimum atomic E-state index is -3.46. The molecule has 0 aromatic heterocycles. The van der Waals surface area contributed by atoms with Crippen molar-refractivity contribution in [2.24, 2.45) is 0 Å². The predicted molar refractivity (Wildman–Crippen MR) is 83.7 cm³/mol. The fourth-order valence-corrected chi connectivity index (χ4v) is 4.20. The lowest BCUT2D eigenvalue weighted by Gasteiger charge is -2.30. The molecule has 0 aliphatic carbocycles. The van der Waals surface area contributed by atoms with E-state index in [2.05, 4.69) is 10.0 Å². The zero-order valence-corrected chi connectivity index (χ0v) is 13.6. The average molecular weight is 333 g/mol. The fourth-order valence-electron chi connectivity index (χ4n) is 2.80. The van der Waals surface area contributed by atoms with E-state index >= 15 is 0 Å². The Morgan fingerprint density at radius 3 is 2.95 bits per heavy atom. The van der Waals surface area contributed by atoms with Gasteiger partial charge in [-0.1, -0.05) is 0 Å². The van der Waals surface area contributed by atoms with E-state index in [0.29, 0.717) is 11.5 Å². The van der Waals surface area contributed by atoms with E-state index in [-0.39, 0.29) is 24.5 Å². The van der Waals surface area contributed by atoms with Gasteiger partial charge in [-0.15, -0.1) is 12.4 Å². The van der Waals surface area contributed by atoms with Gasteiger partial charge < -0.3 is 10.1 Å². The second-order valence-electron chi connectivity index (χ2n) is 5.48. The molecule has 0 radical (unpaired) electrons. The van der Waals surface area contributed by atoms with Gasteiger partial charge in [-0.3, -0.25) is 0 Å². The number of hydrogen-bond donors (Lipinski definition) is 2. The number of piperidine rings is 1. The molecule has 2 atom stereocenters. The van der Waals surface area contributed by atoms with Crippen molar-refractivity contribution >= 4 is 22.4 Å². The number of nitrogens with one attached hydrogen (secondary N) is 2. The van der Waals surface area contributed by atoms with Crippen LogP contribution in [0.4, 0.5) is 0 Å². The van der Waals surface area contributed by atoms with E-state index in [1.165, 1.54) is 0 Å². The minimum absolute atomic E-state index is 0. The molecular formula is C14H21ClN2O3S. The Kier molecular flexibility index (Phi) is 5.14. The van der Waals surface area contributed by atoms with Gasteiger partial charge in [0.2, 0.25) is 10.0 Å². The summed E-state index contributed by atoms with van der Waals surface area (Å²) in [5.74, 6) is 0.802. The van der Waals surface area contributed by atoms with Crippen LogP contribution in [0.3, 0.4) is 0 Å². The summed E-state index contributed by atoms with van der Waals surface area (Å²) in [4.78, 5) is 0.333. The molecule has 1 saturated heterocycles. The normalized spacial score (nSPS) is 24.8. The van der Waals surface area contributed by atoms with Crippen molar-refractivity contribution in [1.82, 2.24) is 10.0 Å². The van der Waals surface area contributed by atoms with Crippen molar-refractivity contribution in [2.45, 2.75) is 43.2 Å². The lowest BCUT2D eigenvalue weighted by molar-refractivity contribution is 0.348. The van der Waals surface area contributed by atoms with E-state index in [9.17, 15) is 8.42 Å². The highest BCUT2D eigenvalue weighted by molar-refractivity contribution is 7.89. The second kappa shape index (κ2) is 6.52. The van der Waals surface area contributed by atoms with Gasteiger partial charge >= 0.3 is 0 Å². The molecule has 1 aromatic rings. The summed E-state index contributed by atoms with van der Waals surface area (Å²) in [6.45, 7) is 3.61. The van der Waals surface area contributed by atoms with Gasteiger partial charge in [0, 0.05) is 18.5 Å². The van der Waals surface area contributed by atoms with Crippen molar-refractivity contribution in [1.29, 1.82) is 0 Å². The van der Waals surface area contributed by atoms with Crippen LogP contribution >= 0.6 is 12.4 Å². The molecule has 2 aliphatic heterocycles. The van der Waals surface area contributed by atoms with Crippen LogP contribution in [-0.4, -0.2) is 33.7 Å². The first-order chi connectivity index (χ1) is 9.56. The van der Waals surface area contributed by atoms with Crippen molar-refractivity contribution in [3.63, 3.8) is 0 Å². The number of benzene rings is 1. The van der Waals surface area contributed by atoms with Crippen LogP contribution in [0.15, 0.2) is 23.1 Å². The maximum absolute atomic E-state index is 12.5. The lowest BCUT2D eigenvalue weighted by Crippen LogP contribution is -2.51. The summed E-state index contributed by atoms with van der Waals surface area (Å²) in [5.41, 5.74) is 0.975. The Balaban J connectivity index is 0.00000161. The fraction of sp³-hybridized carbons (Fsp3) is 0.571. The smallest absolute Gasteiger partial charge is 0.240 e. The van der Waals surface area contributed by atoms with Crippen LogP contribution in [0.2, 0.25) is 0 Å². The Hall–Kier alpha value is -0.820. The van der Waals surface area contributed by atoms with Crippen LogP contribution in [0.25, 0.3) is 0 Å². The molecule has 1 aromatic carbocycles. The SMILES string of the molecule is CC1NCCCC1NS(=O)(=O)c1ccc2c(c1)CCO2.Cl. The molecular weight excluding hydrogens is 312 g/mol. The zero-order chi connectivity index (χ0) is 14.2. The number of ether oxygens (including phenoxy) is 1. The van der Waals surface area contributed by atoms with Gasteiger partial charge in [0.05, 0.1) is 11.5 Å². The quantitative estimate of drug-likeness (QED) is 0.879. The van der Waals surface area contributed by atoms with Crippen LogP contribution in [0, 0.1) is 0 Å². The Labute approximate surface area is 131 Å². The molecule has 0 saturated carbocycles. The summed E-state index contributed by atoms with van der Waals surface area (Å²) < 4.78 is 33.2. The number of hydrogen-bond acceptors (Lipinski definition) is 4. The van der Waals surface area contributed by atoms with Crippen LogP contribution in [-0.2, 0) is 16.4 Å². The molecule has 2 unspecified atom stereocenters. The molecule has 0 bridgehead atoms. The van der Waals surface area contributed by atoms with Crippen molar-refractivity contribution in [2.75, 3.05) is 13.2 Å². The molecule has 7 heteroatoms. The highest BCUT2D eigenvalue weighted by Gasteiger charge is 2.27. The first kappa shape index (κ1) is 16.5. The van der Waals surface area contributed by atoms with E-state index < -0.39 is 10.0 Å². The number of halogens is 1. The van der Waals surface area contributed by atoms with Crippen LogP contribution < -0.4 is 14.8 Å². The standard InChI is InChI=1S/C14H20N2O3S.ClH/c1-10-13(3-2-7-15-10)16-20(17,18)12-4-5-14-11(9-12)6-8-19-14;/h4-5,9-10,13,15-16H,2-3,6-8H2,1H3;1H. The number of rotatable bonds is 3.